The summed E-state index contributed by atoms with van der Waals surface area (Å²) >= 11 is -1.08. The number of rotatable bonds is 9. The van der Waals surface area contributed by atoms with Gasteiger partial charge in [-0.2, -0.15) is 0 Å². The molecule has 0 spiro atoms. The van der Waals surface area contributed by atoms with Crippen LogP contribution in [-0.4, -0.2) is 84.6 Å². The molecule has 3 nitrogen and oxygen atoms in total. The fourth-order valence-corrected chi connectivity index (χ4v) is 5.69. The van der Waals surface area contributed by atoms with Crippen molar-refractivity contribution in [1.29, 1.82) is 0 Å². The van der Waals surface area contributed by atoms with Gasteiger partial charge in [0.05, 0.1) is 0 Å². The number of nitrogens with zero attached hydrogens (tertiary/aromatic N) is 3. The molecule has 0 aliphatic heterocycles. The third kappa shape index (κ3) is 6.13. The minimum absolute atomic E-state index is 0. The van der Waals surface area contributed by atoms with Gasteiger partial charge < -0.3 is 11.7 Å². The Morgan fingerprint density at radius 1 is 0.529 bits per heavy atom. The standard InChI is InChI=1S/3C4H10N.Al.Li/c3*1-3-5-4-2;;/h3*3-4H2,1-2H3;;/q3*-1;+3;. The molecule has 0 aromatic carbocycles. The second-order valence-electron chi connectivity index (χ2n) is 4.01. The van der Waals surface area contributed by atoms with E-state index in [1.165, 1.54) is 39.3 Å². The molecule has 0 aromatic heterocycles. The zero-order valence-corrected chi connectivity index (χ0v) is 14.3. The van der Waals surface area contributed by atoms with Gasteiger partial charge in [-0.15, -0.1) is 0 Å². The van der Waals surface area contributed by atoms with E-state index in [1.54, 1.807) is 0 Å². The summed E-state index contributed by atoms with van der Waals surface area (Å²) in [7, 11) is 0. The molecule has 0 atom stereocenters. The van der Waals surface area contributed by atoms with Gasteiger partial charge in [0.1, 0.15) is 0 Å². The molecule has 97 valence electrons. The fraction of sp³-hybridized carbons (Fsp3) is 1.00. The van der Waals surface area contributed by atoms with Gasteiger partial charge in [0.25, 0.3) is 0 Å². The van der Waals surface area contributed by atoms with Crippen LogP contribution in [0.25, 0.3) is 0 Å². The zero-order chi connectivity index (χ0) is 12.6. The van der Waals surface area contributed by atoms with Crippen molar-refractivity contribution in [2.45, 2.75) is 41.5 Å². The first-order valence-corrected chi connectivity index (χ1v) is 8.46. The van der Waals surface area contributed by atoms with Crippen molar-refractivity contribution < 1.29 is 0 Å². The summed E-state index contributed by atoms with van der Waals surface area (Å²) in [6, 6.07) is 0. The summed E-state index contributed by atoms with van der Waals surface area (Å²) in [5.41, 5.74) is 0. The Morgan fingerprint density at radius 3 is 0.824 bits per heavy atom. The van der Waals surface area contributed by atoms with E-state index in [4.69, 9.17) is 0 Å². The van der Waals surface area contributed by atoms with Crippen LogP contribution in [0.3, 0.4) is 0 Å². The van der Waals surface area contributed by atoms with Gasteiger partial charge in [-0.1, -0.05) is 41.5 Å². The van der Waals surface area contributed by atoms with E-state index < -0.39 is 14.8 Å². The number of hydrogen-bond acceptors (Lipinski definition) is 3. The second-order valence-corrected chi connectivity index (χ2v) is 6.89. The van der Waals surface area contributed by atoms with Crippen LogP contribution < -0.4 is 0 Å². The maximum absolute atomic E-state index is 2.68. The van der Waals surface area contributed by atoms with E-state index in [1.807, 2.05) is 0 Å². The molecule has 0 heterocycles. The first-order chi connectivity index (χ1) is 7.69. The second kappa shape index (κ2) is 12.1. The summed E-state index contributed by atoms with van der Waals surface area (Å²) in [6.45, 7) is 20.8. The van der Waals surface area contributed by atoms with Gasteiger partial charge in [0, 0.05) is 18.9 Å². The molecule has 0 fully saturated rings. The quantitative estimate of drug-likeness (QED) is 0.576. The van der Waals surface area contributed by atoms with Gasteiger partial charge in [-0.25, -0.2) is 0 Å². The molecule has 0 saturated heterocycles. The normalized spacial score (nSPS) is 11.1. The molecule has 0 aliphatic rings. The Morgan fingerprint density at radius 2 is 0.706 bits per heavy atom. The zero-order valence-electron chi connectivity index (χ0n) is 13.2. The van der Waals surface area contributed by atoms with Gasteiger partial charge >= 0.3 is 14.8 Å². The molecule has 0 bridgehead atoms. The number of hydrogen-bond donors (Lipinski definition) is 0. The van der Waals surface area contributed by atoms with Crippen LogP contribution in [0.1, 0.15) is 41.5 Å². The predicted octanol–water partition coefficient (Wildman–Crippen LogP) is 1.62. The first kappa shape index (κ1) is 20.3. The molecule has 0 unspecified atom stereocenters. The van der Waals surface area contributed by atoms with Crippen molar-refractivity contribution in [3.8, 4) is 0 Å². The van der Waals surface area contributed by atoms with Crippen molar-refractivity contribution in [2.24, 2.45) is 0 Å². The van der Waals surface area contributed by atoms with Crippen molar-refractivity contribution in [1.82, 2.24) is 11.7 Å². The van der Waals surface area contributed by atoms with E-state index in [2.05, 4.69) is 53.2 Å². The minimum atomic E-state index is -1.08. The summed E-state index contributed by atoms with van der Waals surface area (Å²) < 4.78 is 8.04. The van der Waals surface area contributed by atoms with Gasteiger partial charge in [-0.3, -0.25) is 0 Å². The van der Waals surface area contributed by atoms with Crippen LogP contribution in [0.5, 0.6) is 0 Å². The van der Waals surface area contributed by atoms with Crippen molar-refractivity contribution in [3.05, 3.63) is 0 Å². The van der Waals surface area contributed by atoms with Crippen LogP contribution in [-0.2, 0) is 0 Å². The monoisotopic (exact) mass is 250 g/mol. The van der Waals surface area contributed by atoms with E-state index in [-0.39, 0.29) is 18.9 Å². The summed E-state index contributed by atoms with van der Waals surface area (Å²) in [5, 5.41) is 0. The molecule has 1 radical (unpaired) electrons. The summed E-state index contributed by atoms with van der Waals surface area (Å²) in [5.74, 6) is 0. The molecule has 0 aliphatic carbocycles. The Hall–Kier alpha value is 1.01. The molecule has 17 heavy (non-hydrogen) atoms. The average molecular weight is 250 g/mol. The molecular formula is C12H30AlLiN3. The van der Waals surface area contributed by atoms with Crippen molar-refractivity contribution in [3.63, 3.8) is 0 Å². The maximum Gasteiger partial charge on any atom is 0.609 e. The largest absolute Gasteiger partial charge is 0.609 e. The topological polar surface area (TPSA) is 9.72 Å². The van der Waals surface area contributed by atoms with Crippen LogP contribution in [0.4, 0.5) is 0 Å². The smallest absolute Gasteiger partial charge is 0.357 e. The molecule has 0 saturated carbocycles. The Kier molecular flexibility index (Phi) is 14.4. The molecule has 0 N–H and O–H groups in total. The Bertz CT molecular complexity index is 131. The molecule has 5 heteroatoms. The third-order valence-electron chi connectivity index (χ3n) is 3.42. The molecular weight excluding hydrogens is 220 g/mol. The van der Waals surface area contributed by atoms with E-state index in [0.29, 0.717) is 0 Å². The van der Waals surface area contributed by atoms with Gasteiger partial charge in [-0.05, 0) is 39.3 Å². The van der Waals surface area contributed by atoms with Crippen LogP contribution in [0.15, 0.2) is 0 Å². The van der Waals surface area contributed by atoms with Gasteiger partial charge in [0.15, 0.2) is 0 Å². The maximum atomic E-state index is 2.68. The third-order valence-corrected chi connectivity index (χ3v) is 7.57. The average Bonchev–Trinajstić information content (AvgIpc) is 2.33. The van der Waals surface area contributed by atoms with E-state index in [0.717, 1.165) is 0 Å². The van der Waals surface area contributed by atoms with E-state index in [9.17, 15) is 0 Å². The van der Waals surface area contributed by atoms with Crippen molar-refractivity contribution in [2.75, 3.05) is 39.3 Å². The fourth-order valence-electron chi connectivity index (χ4n) is 2.34. The van der Waals surface area contributed by atoms with Crippen LogP contribution >= 0.6 is 0 Å². The first-order valence-electron chi connectivity index (χ1n) is 6.91. The predicted molar refractivity (Wildman–Crippen MR) is 80.3 cm³/mol. The summed E-state index contributed by atoms with van der Waals surface area (Å²) in [6.07, 6.45) is 0. The van der Waals surface area contributed by atoms with Gasteiger partial charge in [0.2, 0.25) is 0 Å². The van der Waals surface area contributed by atoms with Crippen LogP contribution in [0, 0.1) is 0 Å². The molecule has 0 rings (SSSR count). The Labute approximate surface area is 126 Å². The van der Waals surface area contributed by atoms with Crippen LogP contribution in [0.2, 0.25) is 0 Å². The Balaban J connectivity index is 0. The SMILES string of the molecule is CC[N](CC)[Al]([N](CC)CC)[N](CC)CC.[Li]. The minimum Gasteiger partial charge on any atom is -0.357 e. The summed E-state index contributed by atoms with van der Waals surface area (Å²) in [4.78, 5) is 0. The van der Waals surface area contributed by atoms with Crippen molar-refractivity contribution >= 4 is 33.7 Å². The molecule has 0 aromatic rings. The van der Waals surface area contributed by atoms with E-state index >= 15 is 0 Å². The molecule has 0 amide bonds.